The zero-order chi connectivity index (χ0) is 38.9. The lowest BCUT2D eigenvalue weighted by Gasteiger charge is -2.32. The fraction of sp³-hybridized carbons (Fsp3) is 0.526. The van der Waals surface area contributed by atoms with Gasteiger partial charge < -0.3 is 36.6 Å². The largest absolute Gasteiger partial charge is 0.480 e. The molecule has 0 spiro atoms. The van der Waals surface area contributed by atoms with E-state index in [9.17, 15) is 33.9 Å². The monoisotopic (exact) mass is 745 g/mol. The molecular formula is C38H51N9O7. The first-order chi connectivity index (χ1) is 25.8. The van der Waals surface area contributed by atoms with Crippen molar-refractivity contribution in [3.8, 4) is 0 Å². The number of likely N-dealkylation sites (N-methyl/N-ethyl adjacent to an activating group) is 1. The zero-order valence-corrected chi connectivity index (χ0v) is 31.2. The summed E-state index contributed by atoms with van der Waals surface area (Å²) in [7, 11) is 1.64. The van der Waals surface area contributed by atoms with Crippen molar-refractivity contribution in [1.29, 1.82) is 0 Å². The standard InChI is InChI=1S/C38H51N9O7/c1-22(2)33(43-34(49)23(3)39-4)37(52)46-21-28-19-31(46)36(51)42-30(18-24-12-13-25-9-5-6-10-26(25)17-24)35(50)41-29(38(53)54)11-7-8-16-40-32(48)15-14-27-20-47(28)45-44-27/h5-6,9-10,12-13,17,20,22-23,28-31,33,39H,7-8,11,14-16,18-19,21H2,1-4H3,(H,40,48)(H,41,50)(H,42,51)(H,43,49)(H,53,54). The van der Waals surface area contributed by atoms with Gasteiger partial charge in [-0.15, -0.1) is 5.10 Å². The number of carboxylic acids is 1. The smallest absolute Gasteiger partial charge is 0.326 e. The molecule has 0 saturated carbocycles. The summed E-state index contributed by atoms with van der Waals surface area (Å²) in [6.07, 6.45) is 3.37. The Morgan fingerprint density at radius 2 is 1.74 bits per heavy atom. The second-order valence-electron chi connectivity index (χ2n) is 14.5. The third-order valence-electron chi connectivity index (χ3n) is 10.2. The number of carboxylic acid groups (broad SMARTS) is 1. The average Bonchev–Trinajstić information content (AvgIpc) is 3.82. The zero-order valence-electron chi connectivity index (χ0n) is 31.2. The lowest BCUT2D eigenvalue weighted by Crippen LogP contribution is -2.59. The Morgan fingerprint density at radius 1 is 0.981 bits per heavy atom. The highest BCUT2D eigenvalue weighted by Crippen LogP contribution is 2.29. The number of carbonyl (C=O) groups is 6. The molecule has 2 aliphatic heterocycles. The SMILES string of the molecule is CNC(C)C(=O)NC(C(=O)N1CC2CC1C(=O)NC(Cc1ccc3ccccc3c1)C(=O)NC(C(=O)O)CCCCNC(=O)CCc1cn2nn1)C(C)C. The Bertz CT molecular complexity index is 1850. The Balaban J connectivity index is 1.50. The van der Waals surface area contributed by atoms with Crippen LogP contribution in [-0.4, -0.2) is 111 Å². The van der Waals surface area contributed by atoms with E-state index in [1.807, 2.05) is 42.5 Å². The summed E-state index contributed by atoms with van der Waals surface area (Å²) in [5, 5.41) is 34.5. The lowest BCUT2D eigenvalue weighted by atomic mass is 9.99. The van der Waals surface area contributed by atoms with Crippen LogP contribution in [0.4, 0.5) is 0 Å². The molecule has 16 nitrogen and oxygen atoms in total. The second kappa shape index (κ2) is 18.1. The van der Waals surface area contributed by atoms with Crippen LogP contribution >= 0.6 is 0 Å². The van der Waals surface area contributed by atoms with Crippen LogP contribution in [0.25, 0.3) is 10.8 Å². The minimum atomic E-state index is -1.24. The number of hydrogen-bond acceptors (Lipinski definition) is 9. The number of amides is 5. The summed E-state index contributed by atoms with van der Waals surface area (Å²) in [6, 6.07) is 7.86. The van der Waals surface area contributed by atoms with E-state index in [0.717, 1.165) is 16.3 Å². The number of hydrogen-bond donors (Lipinski definition) is 6. The quantitative estimate of drug-likeness (QED) is 0.191. The molecule has 1 fully saturated rings. The third kappa shape index (κ3) is 9.98. The van der Waals surface area contributed by atoms with Crippen molar-refractivity contribution in [2.24, 2.45) is 5.92 Å². The topological polar surface area (TPSA) is 217 Å². The number of nitrogens with one attached hydrogen (secondary N) is 5. The van der Waals surface area contributed by atoms with Gasteiger partial charge in [0.15, 0.2) is 0 Å². The van der Waals surface area contributed by atoms with Gasteiger partial charge in [-0.3, -0.25) is 24.0 Å². The number of aromatic nitrogens is 3. The summed E-state index contributed by atoms with van der Waals surface area (Å²) in [5.74, 6) is -3.89. The summed E-state index contributed by atoms with van der Waals surface area (Å²) >= 11 is 0. The number of rotatable bonds is 8. The fourth-order valence-corrected chi connectivity index (χ4v) is 6.85. The van der Waals surface area contributed by atoms with Crippen molar-refractivity contribution in [2.45, 2.75) is 102 Å². The molecule has 0 radical (unpaired) electrons. The van der Waals surface area contributed by atoms with E-state index in [1.54, 1.807) is 38.7 Å². The number of aryl methyl sites for hydroxylation is 1. The highest BCUT2D eigenvalue weighted by molar-refractivity contribution is 5.96. The first kappa shape index (κ1) is 39.8. The first-order valence-electron chi connectivity index (χ1n) is 18.6. The number of aliphatic carboxylic acids is 1. The number of nitrogens with zero attached hydrogens (tertiary/aromatic N) is 4. The minimum absolute atomic E-state index is 0.0455. The molecule has 3 heterocycles. The van der Waals surface area contributed by atoms with Crippen LogP contribution in [0.2, 0.25) is 0 Å². The number of likely N-dealkylation sites (tertiary alicyclic amines) is 1. The molecule has 16 heteroatoms. The van der Waals surface area contributed by atoms with Crippen LogP contribution in [0.15, 0.2) is 48.7 Å². The molecule has 0 aliphatic carbocycles. The van der Waals surface area contributed by atoms with Gasteiger partial charge in [0.25, 0.3) is 0 Å². The molecule has 1 saturated heterocycles. The van der Waals surface area contributed by atoms with Crippen molar-refractivity contribution in [3.63, 3.8) is 0 Å². The van der Waals surface area contributed by atoms with Crippen molar-refractivity contribution in [1.82, 2.24) is 46.5 Å². The lowest BCUT2D eigenvalue weighted by molar-refractivity contribution is -0.144. The molecular weight excluding hydrogens is 694 g/mol. The van der Waals surface area contributed by atoms with Crippen molar-refractivity contribution in [2.75, 3.05) is 20.1 Å². The van der Waals surface area contributed by atoms with E-state index in [0.29, 0.717) is 31.5 Å². The van der Waals surface area contributed by atoms with Crippen LogP contribution in [0.5, 0.6) is 0 Å². The Labute approximate surface area is 314 Å². The van der Waals surface area contributed by atoms with E-state index >= 15 is 0 Å². The molecule has 3 aromatic rings. The van der Waals surface area contributed by atoms with Gasteiger partial charge in [0, 0.05) is 45.0 Å². The van der Waals surface area contributed by atoms with Crippen molar-refractivity contribution in [3.05, 3.63) is 59.9 Å². The molecule has 5 amide bonds. The maximum absolute atomic E-state index is 14.4. The van der Waals surface area contributed by atoms with Gasteiger partial charge in [0.05, 0.1) is 17.8 Å². The highest BCUT2D eigenvalue weighted by Gasteiger charge is 2.45. The van der Waals surface area contributed by atoms with Crippen molar-refractivity contribution >= 4 is 46.3 Å². The number of fused-ring (bicyclic) bond motifs is 6. The van der Waals surface area contributed by atoms with Gasteiger partial charge in [0.2, 0.25) is 29.5 Å². The number of benzene rings is 2. The van der Waals surface area contributed by atoms with Crippen molar-refractivity contribution < 1.29 is 33.9 Å². The van der Waals surface area contributed by atoms with Crippen LogP contribution in [0.3, 0.4) is 0 Å². The molecule has 54 heavy (non-hydrogen) atoms. The highest BCUT2D eigenvalue weighted by atomic mass is 16.4. The van der Waals surface area contributed by atoms with Gasteiger partial charge >= 0.3 is 5.97 Å². The first-order valence-corrected chi connectivity index (χ1v) is 18.6. The summed E-state index contributed by atoms with van der Waals surface area (Å²) < 4.78 is 1.59. The minimum Gasteiger partial charge on any atom is -0.480 e. The number of carbonyl (C=O) groups excluding carboxylic acids is 5. The molecule has 290 valence electrons. The van der Waals surface area contributed by atoms with E-state index in [-0.39, 0.29) is 50.0 Å². The molecule has 1 aromatic heterocycles. The van der Waals surface area contributed by atoms with Crippen LogP contribution < -0.4 is 26.6 Å². The van der Waals surface area contributed by atoms with E-state index in [4.69, 9.17) is 0 Å². The molecule has 2 aliphatic rings. The normalized spacial score (nSPS) is 22.8. The second-order valence-corrected chi connectivity index (χ2v) is 14.5. The fourth-order valence-electron chi connectivity index (χ4n) is 6.85. The molecule has 6 N–H and O–H groups in total. The summed E-state index contributed by atoms with van der Waals surface area (Å²) in [6.45, 7) is 5.67. The molecule has 4 bridgehead atoms. The third-order valence-corrected chi connectivity index (χ3v) is 10.2. The molecule has 6 atom stereocenters. The van der Waals surface area contributed by atoms with Crippen LogP contribution in [0, 0.1) is 5.92 Å². The van der Waals surface area contributed by atoms with Crippen LogP contribution in [-0.2, 0) is 41.6 Å². The van der Waals surface area contributed by atoms with Gasteiger partial charge in [-0.25, -0.2) is 9.48 Å². The summed E-state index contributed by atoms with van der Waals surface area (Å²) in [4.78, 5) is 81.9. The predicted molar refractivity (Wildman–Crippen MR) is 199 cm³/mol. The Hall–Kier alpha value is -5.38. The molecule has 5 rings (SSSR count). The van der Waals surface area contributed by atoms with Gasteiger partial charge in [0.1, 0.15) is 24.2 Å². The van der Waals surface area contributed by atoms with E-state index in [1.165, 1.54) is 4.90 Å². The van der Waals surface area contributed by atoms with Gasteiger partial charge in [-0.05, 0) is 55.5 Å². The van der Waals surface area contributed by atoms with E-state index < -0.39 is 59.9 Å². The average molecular weight is 746 g/mol. The van der Waals surface area contributed by atoms with E-state index in [2.05, 4.69) is 36.9 Å². The van der Waals surface area contributed by atoms with Crippen LogP contribution in [0.1, 0.15) is 70.2 Å². The molecule has 6 unspecified atom stereocenters. The van der Waals surface area contributed by atoms with Gasteiger partial charge in [-0.1, -0.05) is 61.5 Å². The Kier molecular flexibility index (Phi) is 13.3. The molecule has 2 aromatic carbocycles. The van der Waals surface area contributed by atoms with Gasteiger partial charge in [-0.2, -0.15) is 0 Å². The predicted octanol–water partition coefficient (Wildman–Crippen LogP) is 0.852. The maximum Gasteiger partial charge on any atom is 0.326 e. The summed E-state index contributed by atoms with van der Waals surface area (Å²) in [5.41, 5.74) is 1.30. The Morgan fingerprint density at radius 3 is 2.46 bits per heavy atom. The maximum atomic E-state index is 14.4.